The first kappa shape index (κ1) is 17.9. The van der Waals surface area contributed by atoms with Crippen molar-refractivity contribution in [1.82, 2.24) is 15.1 Å². The fourth-order valence-corrected chi connectivity index (χ4v) is 3.54. The van der Waals surface area contributed by atoms with Crippen LogP contribution in [0.15, 0.2) is 30.3 Å². The lowest BCUT2D eigenvalue weighted by molar-refractivity contribution is -0.181. The lowest BCUT2D eigenvalue weighted by Gasteiger charge is -2.37. The quantitative estimate of drug-likeness (QED) is 0.898. The van der Waals surface area contributed by atoms with Crippen LogP contribution in [0.5, 0.6) is 0 Å². The third kappa shape index (κ3) is 3.65. The molecule has 1 aromatic carbocycles. The molecular formula is C20H24N4O3. The molecule has 0 saturated carbocycles. The summed E-state index contributed by atoms with van der Waals surface area (Å²) in [6, 6.07) is 9.57. The number of benzene rings is 1. The summed E-state index contributed by atoms with van der Waals surface area (Å²) in [5.41, 5.74) is 3.71. The van der Waals surface area contributed by atoms with E-state index in [4.69, 9.17) is 9.47 Å². The molecule has 2 aliphatic rings. The van der Waals surface area contributed by atoms with E-state index in [1.807, 2.05) is 12.1 Å². The highest BCUT2D eigenvalue weighted by Crippen LogP contribution is 2.31. The van der Waals surface area contributed by atoms with Crippen molar-refractivity contribution >= 4 is 17.4 Å². The molecule has 0 aliphatic carbocycles. The molecule has 1 aromatic heterocycles. The predicted molar refractivity (Wildman–Crippen MR) is 101 cm³/mol. The molecule has 0 radical (unpaired) electrons. The lowest BCUT2D eigenvalue weighted by Crippen LogP contribution is -2.47. The summed E-state index contributed by atoms with van der Waals surface area (Å²) in [5, 5.41) is 11.6. The normalized spacial score (nSPS) is 18.7. The Morgan fingerprint density at radius 3 is 2.48 bits per heavy atom. The van der Waals surface area contributed by atoms with Gasteiger partial charge in [0.05, 0.1) is 13.2 Å². The molecule has 142 valence electrons. The van der Waals surface area contributed by atoms with Crippen molar-refractivity contribution in [3.05, 3.63) is 47.2 Å². The average molecular weight is 368 g/mol. The number of anilines is 2. The lowest BCUT2D eigenvalue weighted by atomic mass is 10.0. The first-order chi connectivity index (χ1) is 13.1. The summed E-state index contributed by atoms with van der Waals surface area (Å²) in [6.07, 6.45) is 1.39. The van der Waals surface area contributed by atoms with Gasteiger partial charge in [-0.2, -0.15) is 0 Å². The van der Waals surface area contributed by atoms with E-state index in [9.17, 15) is 4.79 Å². The van der Waals surface area contributed by atoms with E-state index >= 15 is 0 Å². The van der Waals surface area contributed by atoms with Crippen LogP contribution in [0.1, 0.15) is 34.5 Å². The molecule has 2 aliphatic heterocycles. The highest BCUT2D eigenvalue weighted by atomic mass is 16.7. The van der Waals surface area contributed by atoms with Gasteiger partial charge in [0, 0.05) is 31.6 Å². The number of likely N-dealkylation sites (tertiary alicyclic amines) is 1. The summed E-state index contributed by atoms with van der Waals surface area (Å²) in [7, 11) is 0. The van der Waals surface area contributed by atoms with Crippen LogP contribution in [0.4, 0.5) is 11.5 Å². The van der Waals surface area contributed by atoms with Crippen molar-refractivity contribution in [2.45, 2.75) is 32.5 Å². The monoisotopic (exact) mass is 368 g/mol. The molecule has 4 rings (SSSR count). The molecule has 1 N–H and O–H groups in total. The van der Waals surface area contributed by atoms with E-state index in [0.29, 0.717) is 50.7 Å². The van der Waals surface area contributed by atoms with E-state index in [2.05, 4.69) is 35.4 Å². The van der Waals surface area contributed by atoms with Crippen molar-refractivity contribution in [3.8, 4) is 0 Å². The maximum Gasteiger partial charge on any atom is 0.274 e. The van der Waals surface area contributed by atoms with Crippen LogP contribution in [0.3, 0.4) is 0 Å². The molecule has 0 unspecified atom stereocenters. The Morgan fingerprint density at radius 1 is 1.07 bits per heavy atom. The number of aromatic nitrogens is 2. The fourth-order valence-electron chi connectivity index (χ4n) is 3.54. The number of nitrogens with one attached hydrogen (secondary N) is 1. The van der Waals surface area contributed by atoms with Gasteiger partial charge in [0.1, 0.15) is 0 Å². The van der Waals surface area contributed by atoms with E-state index < -0.39 is 5.79 Å². The fraction of sp³-hybridized carbons (Fsp3) is 0.450. The molecule has 3 heterocycles. The Hall–Kier alpha value is -2.51. The minimum Gasteiger partial charge on any atom is -0.347 e. The topological polar surface area (TPSA) is 76.6 Å². The predicted octanol–water partition coefficient (Wildman–Crippen LogP) is 2.82. The minimum absolute atomic E-state index is 0.103. The molecule has 7 nitrogen and oxygen atoms in total. The number of hydrogen-bond donors (Lipinski definition) is 1. The molecule has 2 aromatic rings. The Morgan fingerprint density at radius 2 is 1.81 bits per heavy atom. The molecule has 7 heteroatoms. The minimum atomic E-state index is -0.484. The number of piperidine rings is 1. The smallest absolute Gasteiger partial charge is 0.274 e. The van der Waals surface area contributed by atoms with E-state index in [0.717, 1.165) is 11.3 Å². The molecular weight excluding hydrogens is 344 g/mol. The summed E-state index contributed by atoms with van der Waals surface area (Å²) in [6.45, 7) is 6.59. The zero-order chi connectivity index (χ0) is 18.9. The largest absolute Gasteiger partial charge is 0.347 e. The molecule has 2 saturated heterocycles. The molecule has 0 bridgehead atoms. The Kier molecular flexibility index (Phi) is 4.80. The number of rotatable bonds is 3. The van der Waals surface area contributed by atoms with Gasteiger partial charge in [0.15, 0.2) is 17.3 Å². The molecule has 27 heavy (non-hydrogen) atoms. The second-order valence-corrected chi connectivity index (χ2v) is 7.08. The standard InChI is InChI=1S/C20H24N4O3/c1-14-4-3-5-16(15(14)2)21-18-7-6-17(22-23-18)19(25)24-10-8-20(9-11-24)26-12-13-27-20/h3-7H,8-13H2,1-2H3,(H,21,23). The Balaban J connectivity index is 1.40. The molecule has 0 atom stereocenters. The summed E-state index contributed by atoms with van der Waals surface area (Å²) >= 11 is 0. The van der Waals surface area contributed by atoms with Crippen LogP contribution in [0, 0.1) is 13.8 Å². The van der Waals surface area contributed by atoms with Crippen molar-refractivity contribution in [2.75, 3.05) is 31.6 Å². The van der Waals surface area contributed by atoms with Gasteiger partial charge in [-0.25, -0.2) is 0 Å². The third-order valence-corrected chi connectivity index (χ3v) is 5.38. The van der Waals surface area contributed by atoms with Gasteiger partial charge in [0.2, 0.25) is 0 Å². The van der Waals surface area contributed by atoms with Crippen LogP contribution >= 0.6 is 0 Å². The third-order valence-electron chi connectivity index (χ3n) is 5.38. The van der Waals surface area contributed by atoms with Crippen molar-refractivity contribution in [2.24, 2.45) is 0 Å². The zero-order valence-corrected chi connectivity index (χ0v) is 15.7. The second-order valence-electron chi connectivity index (χ2n) is 7.08. The summed E-state index contributed by atoms with van der Waals surface area (Å²) in [4.78, 5) is 14.5. The van der Waals surface area contributed by atoms with Crippen molar-refractivity contribution < 1.29 is 14.3 Å². The molecule has 2 fully saturated rings. The van der Waals surface area contributed by atoms with Crippen molar-refractivity contribution in [1.29, 1.82) is 0 Å². The number of carbonyl (C=O) groups excluding carboxylic acids is 1. The van der Waals surface area contributed by atoms with Gasteiger partial charge in [-0.15, -0.1) is 10.2 Å². The van der Waals surface area contributed by atoms with E-state index in [1.54, 1.807) is 17.0 Å². The number of amides is 1. The zero-order valence-electron chi connectivity index (χ0n) is 15.7. The summed E-state index contributed by atoms with van der Waals surface area (Å²) < 4.78 is 11.4. The number of hydrogen-bond acceptors (Lipinski definition) is 6. The Bertz CT molecular complexity index is 822. The van der Waals surface area contributed by atoms with Gasteiger partial charge in [0.25, 0.3) is 5.91 Å². The van der Waals surface area contributed by atoms with Gasteiger partial charge in [-0.05, 0) is 43.2 Å². The second kappa shape index (κ2) is 7.25. The maximum absolute atomic E-state index is 12.7. The highest BCUT2D eigenvalue weighted by Gasteiger charge is 2.41. The van der Waals surface area contributed by atoms with Crippen molar-refractivity contribution in [3.63, 3.8) is 0 Å². The maximum atomic E-state index is 12.7. The number of carbonyl (C=O) groups is 1. The number of nitrogens with zero attached hydrogens (tertiary/aromatic N) is 3. The van der Waals surface area contributed by atoms with Gasteiger partial charge >= 0.3 is 0 Å². The van der Waals surface area contributed by atoms with E-state index in [-0.39, 0.29) is 5.91 Å². The van der Waals surface area contributed by atoms with Crippen LogP contribution in [-0.4, -0.2) is 53.1 Å². The van der Waals surface area contributed by atoms with Gasteiger partial charge < -0.3 is 19.7 Å². The average Bonchev–Trinajstić information content (AvgIpc) is 3.14. The molecule has 1 amide bonds. The number of aryl methyl sites for hydroxylation is 1. The van der Waals surface area contributed by atoms with Crippen LogP contribution in [0.2, 0.25) is 0 Å². The molecule has 1 spiro atoms. The SMILES string of the molecule is Cc1cccc(Nc2ccc(C(=O)N3CCC4(CC3)OCCO4)nn2)c1C. The Labute approximate surface area is 158 Å². The highest BCUT2D eigenvalue weighted by molar-refractivity contribution is 5.92. The first-order valence-corrected chi connectivity index (χ1v) is 9.30. The van der Waals surface area contributed by atoms with E-state index in [1.165, 1.54) is 5.56 Å². The first-order valence-electron chi connectivity index (χ1n) is 9.30. The van der Waals surface area contributed by atoms with Crippen LogP contribution in [-0.2, 0) is 9.47 Å². The van der Waals surface area contributed by atoms with Gasteiger partial charge in [-0.3, -0.25) is 4.79 Å². The van der Waals surface area contributed by atoms with Gasteiger partial charge in [-0.1, -0.05) is 12.1 Å². The van der Waals surface area contributed by atoms with Crippen LogP contribution in [0.25, 0.3) is 0 Å². The van der Waals surface area contributed by atoms with Crippen LogP contribution < -0.4 is 5.32 Å². The summed E-state index contributed by atoms with van der Waals surface area (Å²) in [5.74, 6) is 0.0290. The number of ether oxygens (including phenoxy) is 2.